The highest BCUT2D eigenvalue weighted by Crippen LogP contribution is 2.21. The van der Waals surface area contributed by atoms with Crippen LogP contribution < -0.4 is 15.4 Å². The van der Waals surface area contributed by atoms with E-state index in [0.717, 1.165) is 0 Å². The number of nitro benzene ring substituents is 1. The fourth-order valence-corrected chi connectivity index (χ4v) is 2.62. The molecule has 0 heterocycles. The Morgan fingerprint density at radius 3 is 2.31 bits per heavy atom. The lowest BCUT2D eigenvalue weighted by Crippen LogP contribution is -2.18. The molecule has 0 aromatic heterocycles. The Morgan fingerprint density at radius 2 is 1.62 bits per heavy atom. The Labute approximate surface area is 166 Å². The van der Waals surface area contributed by atoms with Crippen molar-refractivity contribution in [2.75, 3.05) is 17.7 Å². The lowest BCUT2D eigenvalue weighted by molar-refractivity contribution is -0.384. The van der Waals surface area contributed by atoms with E-state index in [-0.39, 0.29) is 22.5 Å². The van der Waals surface area contributed by atoms with Gasteiger partial charge in [0.2, 0.25) is 0 Å². The molecule has 0 fully saturated rings. The molecule has 3 rings (SSSR count). The monoisotopic (exact) mass is 391 g/mol. The van der Waals surface area contributed by atoms with Gasteiger partial charge in [-0.05, 0) is 42.5 Å². The fraction of sp³-hybridized carbons (Fsp3) is 0.0476. The summed E-state index contributed by atoms with van der Waals surface area (Å²) in [5, 5.41) is 16.3. The number of amides is 2. The zero-order valence-electron chi connectivity index (χ0n) is 15.4. The highest BCUT2D eigenvalue weighted by atomic mass is 16.6. The zero-order chi connectivity index (χ0) is 20.8. The van der Waals surface area contributed by atoms with E-state index in [0.29, 0.717) is 11.4 Å². The van der Waals surface area contributed by atoms with Crippen LogP contribution in [0, 0.1) is 10.1 Å². The Balaban J connectivity index is 1.79. The molecule has 0 aliphatic heterocycles. The molecule has 8 heteroatoms. The maximum absolute atomic E-state index is 12.7. The first-order chi connectivity index (χ1) is 14.0. The Kier molecular flexibility index (Phi) is 5.84. The molecule has 29 heavy (non-hydrogen) atoms. The molecule has 0 aliphatic rings. The predicted molar refractivity (Wildman–Crippen MR) is 108 cm³/mol. The van der Waals surface area contributed by atoms with E-state index < -0.39 is 16.7 Å². The smallest absolute Gasteiger partial charge is 0.270 e. The molecule has 0 bridgehead atoms. The lowest BCUT2D eigenvalue weighted by atomic mass is 10.1. The average Bonchev–Trinajstić information content (AvgIpc) is 2.74. The molecule has 146 valence electrons. The molecule has 0 atom stereocenters. The SMILES string of the molecule is COc1ccc(NC(=O)c2ccccc2NC(=O)c2cccc([N+](=O)[O-])c2)cc1. The molecule has 0 aliphatic carbocycles. The fourth-order valence-electron chi connectivity index (χ4n) is 2.62. The molecule has 2 amide bonds. The number of para-hydroxylation sites is 1. The number of hydrogen-bond acceptors (Lipinski definition) is 5. The normalized spacial score (nSPS) is 10.1. The first kappa shape index (κ1) is 19.6. The number of nitro groups is 1. The summed E-state index contributed by atoms with van der Waals surface area (Å²) in [7, 11) is 1.55. The van der Waals surface area contributed by atoms with Crippen LogP contribution in [-0.2, 0) is 0 Å². The summed E-state index contributed by atoms with van der Waals surface area (Å²) in [5.41, 5.74) is 1.03. The van der Waals surface area contributed by atoms with Gasteiger partial charge in [-0.15, -0.1) is 0 Å². The number of ether oxygens (including phenoxy) is 1. The first-order valence-electron chi connectivity index (χ1n) is 8.58. The van der Waals surface area contributed by atoms with Crippen molar-refractivity contribution in [2.45, 2.75) is 0 Å². The van der Waals surface area contributed by atoms with Crippen LogP contribution in [0.15, 0.2) is 72.8 Å². The van der Waals surface area contributed by atoms with Gasteiger partial charge in [0, 0.05) is 23.4 Å². The van der Waals surface area contributed by atoms with Crippen LogP contribution in [0.25, 0.3) is 0 Å². The molecular weight excluding hydrogens is 374 g/mol. The number of methoxy groups -OCH3 is 1. The summed E-state index contributed by atoms with van der Waals surface area (Å²) in [6.45, 7) is 0. The number of rotatable bonds is 6. The highest BCUT2D eigenvalue weighted by Gasteiger charge is 2.16. The minimum absolute atomic E-state index is 0.115. The molecule has 0 unspecified atom stereocenters. The van der Waals surface area contributed by atoms with Crippen molar-refractivity contribution in [3.8, 4) is 5.75 Å². The molecule has 0 radical (unpaired) electrons. The lowest BCUT2D eigenvalue weighted by Gasteiger charge is -2.12. The molecule has 0 saturated heterocycles. The number of carbonyl (C=O) groups is 2. The quantitative estimate of drug-likeness (QED) is 0.485. The molecule has 0 spiro atoms. The van der Waals surface area contributed by atoms with Gasteiger partial charge in [-0.3, -0.25) is 19.7 Å². The first-order valence-corrected chi connectivity index (χ1v) is 8.58. The number of benzene rings is 3. The molecule has 0 saturated carbocycles. The second-order valence-electron chi connectivity index (χ2n) is 5.99. The molecular formula is C21H17N3O5. The molecule has 8 nitrogen and oxygen atoms in total. The van der Waals surface area contributed by atoms with Crippen LogP contribution in [0.3, 0.4) is 0 Å². The van der Waals surface area contributed by atoms with Gasteiger partial charge in [-0.2, -0.15) is 0 Å². The van der Waals surface area contributed by atoms with E-state index in [9.17, 15) is 19.7 Å². The number of carbonyl (C=O) groups excluding carboxylic acids is 2. The third kappa shape index (κ3) is 4.75. The van der Waals surface area contributed by atoms with Gasteiger partial charge in [0.05, 0.1) is 23.3 Å². The molecule has 3 aromatic carbocycles. The van der Waals surface area contributed by atoms with Crippen molar-refractivity contribution < 1.29 is 19.2 Å². The largest absolute Gasteiger partial charge is 0.497 e. The van der Waals surface area contributed by atoms with Gasteiger partial charge >= 0.3 is 0 Å². The molecule has 3 aromatic rings. The Hall–Kier alpha value is -4.20. The van der Waals surface area contributed by atoms with Gasteiger partial charge in [-0.25, -0.2) is 0 Å². The topological polar surface area (TPSA) is 111 Å². The van der Waals surface area contributed by atoms with Gasteiger partial charge < -0.3 is 15.4 Å². The van der Waals surface area contributed by atoms with Gasteiger partial charge in [0.1, 0.15) is 5.75 Å². The van der Waals surface area contributed by atoms with Crippen LogP contribution >= 0.6 is 0 Å². The van der Waals surface area contributed by atoms with E-state index >= 15 is 0 Å². The number of nitrogens with one attached hydrogen (secondary N) is 2. The van der Waals surface area contributed by atoms with Crippen LogP contribution in [0.1, 0.15) is 20.7 Å². The summed E-state index contributed by atoms with van der Waals surface area (Å²) in [6, 6.07) is 18.7. The van der Waals surface area contributed by atoms with E-state index in [2.05, 4.69) is 10.6 Å². The number of anilines is 2. The summed E-state index contributed by atoms with van der Waals surface area (Å²) in [6.07, 6.45) is 0. The van der Waals surface area contributed by atoms with E-state index in [1.165, 1.54) is 24.3 Å². The summed E-state index contributed by atoms with van der Waals surface area (Å²) in [4.78, 5) is 35.5. The van der Waals surface area contributed by atoms with E-state index in [4.69, 9.17) is 4.74 Å². The van der Waals surface area contributed by atoms with Crippen molar-refractivity contribution in [1.29, 1.82) is 0 Å². The van der Waals surface area contributed by atoms with Crippen LogP contribution in [0.4, 0.5) is 17.1 Å². The third-order valence-electron chi connectivity index (χ3n) is 4.09. The maximum atomic E-state index is 12.7. The van der Waals surface area contributed by atoms with Crippen molar-refractivity contribution in [3.63, 3.8) is 0 Å². The van der Waals surface area contributed by atoms with Crippen LogP contribution in [0.5, 0.6) is 5.75 Å². The van der Waals surface area contributed by atoms with Gasteiger partial charge in [0.25, 0.3) is 17.5 Å². The number of nitrogens with zero attached hydrogens (tertiary/aromatic N) is 1. The van der Waals surface area contributed by atoms with Crippen molar-refractivity contribution in [1.82, 2.24) is 0 Å². The minimum Gasteiger partial charge on any atom is -0.497 e. The van der Waals surface area contributed by atoms with E-state index in [1.54, 1.807) is 55.6 Å². The van der Waals surface area contributed by atoms with Crippen molar-refractivity contribution >= 4 is 28.9 Å². The van der Waals surface area contributed by atoms with Crippen LogP contribution in [-0.4, -0.2) is 23.8 Å². The zero-order valence-corrected chi connectivity index (χ0v) is 15.4. The minimum atomic E-state index is -0.576. The summed E-state index contributed by atoms with van der Waals surface area (Å²) < 4.78 is 5.08. The van der Waals surface area contributed by atoms with Gasteiger partial charge in [-0.1, -0.05) is 18.2 Å². The predicted octanol–water partition coefficient (Wildman–Crippen LogP) is 4.11. The number of hydrogen-bond donors (Lipinski definition) is 2. The second-order valence-corrected chi connectivity index (χ2v) is 5.99. The highest BCUT2D eigenvalue weighted by molar-refractivity contribution is 6.12. The average molecular weight is 391 g/mol. The maximum Gasteiger partial charge on any atom is 0.270 e. The number of non-ortho nitro benzene ring substituents is 1. The Bertz CT molecular complexity index is 1060. The van der Waals surface area contributed by atoms with Gasteiger partial charge in [0.15, 0.2) is 0 Å². The standard InChI is InChI=1S/C21H17N3O5/c1-29-17-11-9-15(10-12-17)22-21(26)18-7-2-3-8-19(18)23-20(25)14-5-4-6-16(13-14)24(27)28/h2-13H,1H3,(H,22,26)(H,23,25). The summed E-state index contributed by atoms with van der Waals surface area (Å²) >= 11 is 0. The van der Waals surface area contributed by atoms with Crippen molar-refractivity contribution in [3.05, 3.63) is 94.0 Å². The van der Waals surface area contributed by atoms with Crippen molar-refractivity contribution in [2.24, 2.45) is 0 Å². The molecule has 2 N–H and O–H groups in total. The summed E-state index contributed by atoms with van der Waals surface area (Å²) in [5.74, 6) is -0.309. The van der Waals surface area contributed by atoms with Crippen LogP contribution in [0.2, 0.25) is 0 Å². The second kappa shape index (κ2) is 8.66. The third-order valence-corrected chi connectivity index (χ3v) is 4.09. The van der Waals surface area contributed by atoms with E-state index in [1.807, 2.05) is 0 Å². The Morgan fingerprint density at radius 1 is 0.897 bits per heavy atom.